The van der Waals surface area contributed by atoms with Gasteiger partial charge in [-0.15, -0.1) is 0 Å². The number of nitrogens with one attached hydrogen (secondary N) is 2. The lowest BCUT2D eigenvalue weighted by Crippen LogP contribution is -2.51. The average Bonchev–Trinajstić information content (AvgIpc) is 3.61. The number of aromatic hydroxyl groups is 1. The van der Waals surface area contributed by atoms with E-state index >= 15 is 0 Å². The van der Waals surface area contributed by atoms with Crippen LogP contribution in [0.1, 0.15) is 57.6 Å². The number of fused-ring (bicyclic) bond motifs is 1. The minimum Gasteiger partial charge on any atom is -0.504 e. The number of anilines is 1. The van der Waals surface area contributed by atoms with Gasteiger partial charge in [-0.25, -0.2) is 9.37 Å². The first-order valence-electron chi connectivity index (χ1n) is 19.0. The highest BCUT2D eigenvalue weighted by molar-refractivity contribution is 6.00. The Kier molecular flexibility index (Phi) is 11.3. The fraction of sp³-hybridized carbons (Fsp3) is 0.390. The summed E-state index contributed by atoms with van der Waals surface area (Å²) in [6, 6.07) is 13.7. The summed E-state index contributed by atoms with van der Waals surface area (Å²) in [5, 5.41) is 26.0. The number of pyridine rings is 1. The summed E-state index contributed by atoms with van der Waals surface area (Å²) in [5.74, 6) is -1.19. The van der Waals surface area contributed by atoms with E-state index in [1.165, 1.54) is 12.1 Å². The number of hydrogen-bond donors (Lipinski definition) is 5. The molecule has 4 aliphatic heterocycles. The molecule has 298 valence electrons. The first kappa shape index (κ1) is 39.1. The van der Waals surface area contributed by atoms with E-state index in [-0.39, 0.29) is 41.1 Å². The number of para-hydroxylation sites is 1. The Morgan fingerprint density at radius 1 is 1.18 bits per heavy atom. The third-order valence-corrected chi connectivity index (χ3v) is 11.3. The molecule has 0 aliphatic carbocycles. The number of amides is 2. The van der Waals surface area contributed by atoms with Crippen molar-refractivity contribution in [1.82, 2.24) is 30.3 Å². The molecule has 2 aromatic carbocycles. The largest absolute Gasteiger partial charge is 0.504 e. The number of aldehydes is 1. The van der Waals surface area contributed by atoms with Gasteiger partial charge in [0.15, 0.2) is 11.6 Å². The van der Waals surface area contributed by atoms with Gasteiger partial charge in [-0.2, -0.15) is 5.26 Å². The second kappa shape index (κ2) is 16.5. The zero-order valence-corrected chi connectivity index (χ0v) is 32.0. The molecule has 16 heteroatoms. The highest BCUT2D eigenvalue weighted by atomic mass is 19.1. The number of piperidine rings is 1. The molecule has 3 saturated heterocycles. The molecule has 0 radical (unpaired) electrons. The minimum atomic E-state index is -0.770. The van der Waals surface area contributed by atoms with E-state index in [2.05, 4.69) is 31.4 Å². The Morgan fingerprint density at radius 2 is 1.96 bits per heavy atom. The Bertz CT molecular complexity index is 2180. The Labute approximate surface area is 330 Å². The summed E-state index contributed by atoms with van der Waals surface area (Å²) < 4.78 is 20.4. The molecule has 4 aliphatic rings. The number of phenolic OH excluding ortho intramolecular Hbond substituents is 1. The average molecular weight is 779 g/mol. The maximum absolute atomic E-state index is 14.0. The van der Waals surface area contributed by atoms with Crippen molar-refractivity contribution in [1.29, 1.82) is 5.26 Å². The molecular formula is C41H47FN10O5. The zero-order chi connectivity index (χ0) is 40.4. The van der Waals surface area contributed by atoms with Gasteiger partial charge in [-0.1, -0.05) is 12.1 Å². The van der Waals surface area contributed by atoms with Gasteiger partial charge in [0.25, 0.3) is 0 Å². The second-order valence-electron chi connectivity index (χ2n) is 15.0. The molecule has 1 aromatic heterocycles. The number of hydrogen-bond acceptors (Lipinski definition) is 14. The van der Waals surface area contributed by atoms with E-state index in [0.29, 0.717) is 68.1 Å². The number of nitriles is 1. The smallest absolute Gasteiger partial charge is 0.243 e. The van der Waals surface area contributed by atoms with Crippen LogP contribution in [0.5, 0.6) is 11.6 Å². The fourth-order valence-electron chi connectivity index (χ4n) is 8.09. The first-order chi connectivity index (χ1) is 27.4. The predicted octanol–water partition coefficient (Wildman–Crippen LogP) is 2.03. The highest BCUT2D eigenvalue weighted by Crippen LogP contribution is 2.33. The SMILES string of the molecule is Cc1nc(OC2CC3CNC(N)=C(/C=C(\N)c4cccc(F)c4O)N3C2)c(C#N)cc1CN1CCN(c2ccc(CN(C)C3CCC(=O)NC3=O)c(C=O)c2)CC1. The van der Waals surface area contributed by atoms with Crippen molar-refractivity contribution in [2.75, 3.05) is 51.2 Å². The maximum atomic E-state index is 14.0. The summed E-state index contributed by atoms with van der Waals surface area (Å²) in [4.78, 5) is 49.3. The van der Waals surface area contributed by atoms with Crippen molar-refractivity contribution in [2.24, 2.45) is 11.5 Å². The third-order valence-electron chi connectivity index (χ3n) is 11.3. The number of rotatable bonds is 11. The summed E-state index contributed by atoms with van der Waals surface area (Å²) in [7, 11) is 1.82. The third kappa shape index (κ3) is 8.35. The topological polar surface area (TPSA) is 206 Å². The lowest BCUT2D eigenvalue weighted by Gasteiger charge is -2.36. The number of likely N-dealkylation sites (N-methyl/N-ethyl adjacent to an activating group) is 1. The Morgan fingerprint density at radius 3 is 2.70 bits per heavy atom. The Hall–Kier alpha value is -6.18. The molecule has 3 unspecified atom stereocenters. The lowest BCUT2D eigenvalue weighted by atomic mass is 10.0. The van der Waals surface area contributed by atoms with Gasteiger partial charge >= 0.3 is 0 Å². The number of carbonyl (C=O) groups is 3. The van der Waals surface area contributed by atoms with Crippen molar-refractivity contribution in [2.45, 2.75) is 57.5 Å². The van der Waals surface area contributed by atoms with Gasteiger partial charge in [0.1, 0.15) is 29.8 Å². The van der Waals surface area contributed by atoms with Gasteiger partial charge in [-0.05, 0) is 67.9 Å². The van der Waals surface area contributed by atoms with Gasteiger partial charge in [-0.3, -0.25) is 29.5 Å². The molecule has 3 aromatic rings. The normalized spacial score (nSPS) is 21.6. The number of nitrogens with zero attached hydrogens (tertiary/aromatic N) is 6. The summed E-state index contributed by atoms with van der Waals surface area (Å²) >= 11 is 0. The first-order valence-corrected chi connectivity index (χ1v) is 19.0. The Balaban J connectivity index is 0.958. The summed E-state index contributed by atoms with van der Waals surface area (Å²) in [5.41, 5.74) is 18.0. The molecule has 2 amide bonds. The maximum Gasteiger partial charge on any atom is 0.243 e. The highest BCUT2D eigenvalue weighted by Gasteiger charge is 2.38. The number of nitrogens with two attached hydrogens (primary N) is 2. The molecular weight excluding hydrogens is 732 g/mol. The fourth-order valence-corrected chi connectivity index (χ4v) is 8.09. The number of piperazine rings is 1. The van der Waals surface area contributed by atoms with E-state index in [4.69, 9.17) is 21.2 Å². The van der Waals surface area contributed by atoms with Crippen molar-refractivity contribution in [3.63, 3.8) is 0 Å². The molecule has 7 N–H and O–H groups in total. The number of aromatic nitrogens is 1. The van der Waals surface area contributed by atoms with E-state index in [1.54, 1.807) is 6.08 Å². The molecule has 0 bridgehead atoms. The van der Waals surface area contributed by atoms with Crippen LogP contribution in [0.15, 0.2) is 60.1 Å². The van der Waals surface area contributed by atoms with Gasteiger partial charge in [0, 0.05) is 86.9 Å². The van der Waals surface area contributed by atoms with Crippen LogP contribution in [0.3, 0.4) is 0 Å². The molecule has 3 fully saturated rings. The zero-order valence-electron chi connectivity index (χ0n) is 32.0. The van der Waals surface area contributed by atoms with Crippen molar-refractivity contribution < 1.29 is 28.6 Å². The number of carbonyl (C=O) groups excluding carboxylic acids is 3. The van der Waals surface area contributed by atoms with Crippen LogP contribution < -0.4 is 31.7 Å². The molecule has 0 saturated carbocycles. The van der Waals surface area contributed by atoms with Crippen LogP contribution in [0.25, 0.3) is 5.70 Å². The molecule has 15 nitrogen and oxygen atoms in total. The predicted molar refractivity (Wildman–Crippen MR) is 210 cm³/mol. The number of benzene rings is 2. The van der Waals surface area contributed by atoms with Crippen LogP contribution in [0, 0.1) is 24.1 Å². The van der Waals surface area contributed by atoms with Crippen LogP contribution in [-0.4, -0.2) is 107 Å². The van der Waals surface area contributed by atoms with Crippen molar-refractivity contribution in [3.8, 4) is 17.7 Å². The number of aryl methyl sites for hydroxylation is 1. The van der Waals surface area contributed by atoms with E-state index in [0.717, 1.165) is 61.0 Å². The van der Waals surface area contributed by atoms with Crippen LogP contribution in [0.4, 0.5) is 10.1 Å². The van der Waals surface area contributed by atoms with Gasteiger partial charge in [0.2, 0.25) is 17.7 Å². The molecule has 5 heterocycles. The van der Waals surface area contributed by atoms with E-state index in [1.807, 2.05) is 43.1 Å². The lowest BCUT2D eigenvalue weighted by molar-refractivity contribution is -0.137. The number of allylic oxidation sites excluding steroid dienone is 1. The van der Waals surface area contributed by atoms with Crippen LogP contribution >= 0.6 is 0 Å². The number of phenols is 1. The second-order valence-corrected chi connectivity index (χ2v) is 15.0. The van der Waals surface area contributed by atoms with Gasteiger partial charge in [0.05, 0.1) is 24.3 Å². The van der Waals surface area contributed by atoms with Crippen molar-refractivity contribution in [3.05, 3.63) is 99.4 Å². The minimum absolute atomic E-state index is 0.0155. The quantitative estimate of drug-likeness (QED) is 0.140. The molecule has 7 rings (SSSR count). The van der Waals surface area contributed by atoms with Crippen molar-refractivity contribution >= 4 is 29.5 Å². The number of ether oxygens (including phenoxy) is 1. The monoisotopic (exact) mass is 778 g/mol. The number of halogens is 1. The molecule has 3 atom stereocenters. The van der Waals surface area contributed by atoms with Crippen LogP contribution in [0.2, 0.25) is 0 Å². The molecule has 0 spiro atoms. The van der Waals surface area contributed by atoms with Crippen LogP contribution in [-0.2, 0) is 22.7 Å². The van der Waals surface area contributed by atoms with E-state index in [9.17, 15) is 29.1 Å². The summed E-state index contributed by atoms with van der Waals surface area (Å²) in [6.45, 7) is 6.97. The number of imide groups is 1. The van der Waals surface area contributed by atoms with E-state index < -0.39 is 17.6 Å². The standard InChI is InChI=1S/C41H47FN10O5/c1-24-27(21-50-10-12-51(13-11-50)29-7-6-25(28(15-29)23-53)20-49(2)35-8-9-37(54)48-40(35)56)14-26(18-43)41(47-24)57-31-16-30-19-46-39(45)36(52(30)22-31)17-34(44)32-4-3-5-33(42)38(32)55/h3-7,14-15,17,23,30-31,35,46,55H,8-13,16,19-22,44-45H2,1-2H3,(H,48,54,56)/b34-17-. The molecule has 57 heavy (non-hydrogen) atoms. The summed E-state index contributed by atoms with van der Waals surface area (Å²) in [6.07, 6.45) is 3.55. The van der Waals surface area contributed by atoms with Gasteiger partial charge < -0.3 is 36.4 Å².